The topological polar surface area (TPSA) is 45.2 Å². The Morgan fingerprint density at radius 3 is 2.57 bits per heavy atom. The largest absolute Gasteiger partial charge is 0.349 e. The Hall–Kier alpha value is -2.79. The van der Waals surface area contributed by atoms with Gasteiger partial charge in [-0.2, -0.15) is 0 Å². The minimum Gasteiger partial charge on any atom is -0.349 e. The molecule has 0 spiro atoms. The van der Waals surface area contributed by atoms with E-state index in [9.17, 15) is 9.18 Å². The molecule has 2 fully saturated rings. The Morgan fingerprint density at radius 2 is 1.83 bits per heavy atom. The van der Waals surface area contributed by atoms with Crippen LogP contribution < -0.4 is 5.32 Å². The van der Waals surface area contributed by atoms with Gasteiger partial charge in [-0.1, -0.05) is 30.3 Å². The molecule has 1 aromatic heterocycles. The highest BCUT2D eigenvalue weighted by Gasteiger charge is 2.41. The van der Waals surface area contributed by atoms with E-state index in [1.54, 1.807) is 12.1 Å². The molecule has 0 saturated carbocycles. The van der Waals surface area contributed by atoms with E-state index in [4.69, 9.17) is 0 Å². The maximum Gasteiger partial charge on any atom is 0.252 e. The van der Waals surface area contributed by atoms with E-state index in [1.807, 2.05) is 6.92 Å². The van der Waals surface area contributed by atoms with E-state index in [0.29, 0.717) is 28.6 Å². The summed E-state index contributed by atoms with van der Waals surface area (Å²) in [6, 6.07) is 18.0. The molecule has 2 aliphatic heterocycles. The number of hydrogen-bond donors (Lipinski definition) is 1. The van der Waals surface area contributed by atoms with Crippen LogP contribution in [0.25, 0.3) is 10.9 Å². The summed E-state index contributed by atoms with van der Waals surface area (Å²) in [5, 5.41) is 3.97. The van der Waals surface area contributed by atoms with Crippen molar-refractivity contribution in [2.24, 2.45) is 0 Å². The number of carbonyl (C=O) groups is 1. The van der Waals surface area contributed by atoms with Gasteiger partial charge in [0.15, 0.2) is 0 Å². The van der Waals surface area contributed by atoms with Crippen LogP contribution in [0.5, 0.6) is 0 Å². The Kier molecular flexibility index (Phi) is 4.99. The fourth-order valence-electron chi connectivity index (χ4n) is 5.23. The molecule has 2 atom stereocenters. The number of fused-ring (bicyclic) bond motifs is 3. The van der Waals surface area contributed by atoms with Gasteiger partial charge in [-0.3, -0.25) is 14.7 Å². The molecule has 2 aliphatic rings. The summed E-state index contributed by atoms with van der Waals surface area (Å²) < 4.78 is 13.6. The number of nitrogens with one attached hydrogen (secondary N) is 1. The molecule has 0 aliphatic carbocycles. The monoisotopic (exact) mass is 403 g/mol. The van der Waals surface area contributed by atoms with Crippen LogP contribution in [0.1, 0.15) is 47.3 Å². The Balaban J connectivity index is 1.31. The number of amides is 1. The first-order chi connectivity index (χ1) is 14.6. The first kappa shape index (κ1) is 19.2. The molecule has 2 saturated heterocycles. The number of carbonyl (C=O) groups excluding carboxylic acids is 1. The lowest BCUT2D eigenvalue weighted by Gasteiger charge is -2.39. The lowest BCUT2D eigenvalue weighted by atomic mass is 9.96. The zero-order chi connectivity index (χ0) is 20.7. The van der Waals surface area contributed by atoms with E-state index in [-0.39, 0.29) is 17.8 Å². The lowest BCUT2D eigenvalue weighted by molar-refractivity contribution is 0.0829. The van der Waals surface area contributed by atoms with E-state index in [0.717, 1.165) is 25.1 Å². The standard InChI is InChI=1S/C25H26FN3O/c1-16-11-23(22-10-7-18(26)12-24(22)27-16)25(30)28-19-13-20-8-9-21(14-19)29(20)15-17-5-3-2-4-6-17/h2-7,10-12,19-21H,8-9,13-15H2,1H3,(H,28,30). The van der Waals surface area contributed by atoms with Gasteiger partial charge in [0.1, 0.15) is 5.82 Å². The highest BCUT2D eigenvalue weighted by Crippen LogP contribution is 2.37. The third kappa shape index (κ3) is 3.70. The third-order valence-corrected chi connectivity index (χ3v) is 6.57. The maximum absolute atomic E-state index is 13.6. The summed E-state index contributed by atoms with van der Waals surface area (Å²) in [4.78, 5) is 20.1. The normalized spacial score (nSPS) is 23.6. The van der Waals surface area contributed by atoms with Crippen LogP contribution in [0, 0.1) is 12.7 Å². The van der Waals surface area contributed by atoms with Crippen molar-refractivity contribution in [2.45, 2.75) is 57.3 Å². The summed E-state index contributed by atoms with van der Waals surface area (Å²) in [5.74, 6) is -0.424. The molecule has 2 bridgehead atoms. The number of piperidine rings is 1. The lowest BCUT2D eigenvalue weighted by Crippen LogP contribution is -2.50. The Bertz CT molecular complexity index is 1070. The number of nitrogens with zero attached hydrogens (tertiary/aromatic N) is 2. The van der Waals surface area contributed by atoms with Crippen molar-refractivity contribution in [3.05, 3.63) is 77.2 Å². The van der Waals surface area contributed by atoms with Crippen LogP contribution >= 0.6 is 0 Å². The molecule has 0 radical (unpaired) electrons. The van der Waals surface area contributed by atoms with Crippen LogP contribution in [0.3, 0.4) is 0 Å². The molecule has 2 unspecified atom stereocenters. The predicted molar refractivity (Wildman–Crippen MR) is 116 cm³/mol. The van der Waals surface area contributed by atoms with Crippen molar-refractivity contribution in [3.8, 4) is 0 Å². The average molecular weight is 404 g/mol. The first-order valence-electron chi connectivity index (χ1n) is 10.7. The number of halogens is 1. The predicted octanol–water partition coefficient (Wildman–Crippen LogP) is 4.61. The van der Waals surface area contributed by atoms with Gasteiger partial charge in [0.2, 0.25) is 0 Å². The van der Waals surface area contributed by atoms with Crippen molar-refractivity contribution >= 4 is 16.8 Å². The van der Waals surface area contributed by atoms with Crippen LogP contribution in [-0.2, 0) is 6.54 Å². The molecule has 3 aromatic rings. The molecular formula is C25H26FN3O. The van der Waals surface area contributed by atoms with Crippen molar-refractivity contribution in [1.82, 2.24) is 15.2 Å². The second-order valence-electron chi connectivity index (χ2n) is 8.66. The molecular weight excluding hydrogens is 377 g/mol. The summed E-state index contributed by atoms with van der Waals surface area (Å²) in [6.07, 6.45) is 4.35. The number of hydrogen-bond acceptors (Lipinski definition) is 3. The SMILES string of the molecule is Cc1cc(C(=O)NC2CC3CCC(C2)N3Cc2ccccc2)c2ccc(F)cc2n1. The average Bonchev–Trinajstić information content (AvgIpc) is 2.95. The first-order valence-corrected chi connectivity index (χ1v) is 10.7. The van der Waals surface area contributed by atoms with Crippen LogP contribution in [0.15, 0.2) is 54.6 Å². The van der Waals surface area contributed by atoms with Gasteiger partial charge in [-0.05, 0) is 56.4 Å². The van der Waals surface area contributed by atoms with Crippen LogP contribution in [-0.4, -0.2) is 33.9 Å². The molecule has 154 valence electrons. The van der Waals surface area contributed by atoms with Crippen LogP contribution in [0.2, 0.25) is 0 Å². The summed E-state index contributed by atoms with van der Waals surface area (Å²) in [5.41, 5.74) is 3.17. The van der Waals surface area contributed by atoms with Crippen molar-refractivity contribution in [1.29, 1.82) is 0 Å². The summed E-state index contributed by atoms with van der Waals surface area (Å²) >= 11 is 0. The smallest absolute Gasteiger partial charge is 0.252 e. The van der Waals surface area contributed by atoms with Gasteiger partial charge in [0, 0.05) is 41.8 Å². The second kappa shape index (κ2) is 7.80. The molecule has 5 heteroatoms. The Labute approximate surface area is 176 Å². The minimum atomic E-state index is -0.339. The zero-order valence-corrected chi connectivity index (χ0v) is 17.1. The van der Waals surface area contributed by atoms with E-state index in [1.165, 1.54) is 30.5 Å². The summed E-state index contributed by atoms with van der Waals surface area (Å²) in [7, 11) is 0. The fourth-order valence-corrected chi connectivity index (χ4v) is 5.23. The highest BCUT2D eigenvalue weighted by molar-refractivity contribution is 6.06. The van der Waals surface area contributed by atoms with Gasteiger partial charge < -0.3 is 5.32 Å². The maximum atomic E-state index is 13.6. The van der Waals surface area contributed by atoms with Crippen molar-refractivity contribution in [3.63, 3.8) is 0 Å². The molecule has 5 rings (SSSR count). The van der Waals surface area contributed by atoms with Gasteiger partial charge >= 0.3 is 0 Å². The number of pyridine rings is 1. The molecule has 4 nitrogen and oxygen atoms in total. The Morgan fingerprint density at radius 1 is 1.10 bits per heavy atom. The van der Waals surface area contributed by atoms with Crippen LogP contribution in [0.4, 0.5) is 4.39 Å². The molecule has 2 aromatic carbocycles. The molecule has 30 heavy (non-hydrogen) atoms. The van der Waals surface area contributed by atoms with Crippen molar-refractivity contribution in [2.75, 3.05) is 0 Å². The second-order valence-corrected chi connectivity index (χ2v) is 8.66. The summed E-state index contributed by atoms with van der Waals surface area (Å²) in [6.45, 7) is 2.82. The van der Waals surface area contributed by atoms with E-state index >= 15 is 0 Å². The number of rotatable bonds is 4. The number of aryl methyl sites for hydroxylation is 1. The number of benzene rings is 2. The molecule has 1 amide bonds. The quantitative estimate of drug-likeness (QED) is 0.692. The molecule has 1 N–H and O–H groups in total. The van der Waals surface area contributed by atoms with Gasteiger partial charge in [-0.25, -0.2) is 4.39 Å². The highest BCUT2D eigenvalue weighted by atomic mass is 19.1. The zero-order valence-electron chi connectivity index (χ0n) is 17.1. The van der Waals surface area contributed by atoms with Crippen molar-refractivity contribution < 1.29 is 9.18 Å². The molecule has 3 heterocycles. The van der Waals surface area contributed by atoms with Gasteiger partial charge in [-0.15, -0.1) is 0 Å². The van der Waals surface area contributed by atoms with Gasteiger partial charge in [0.25, 0.3) is 5.91 Å². The van der Waals surface area contributed by atoms with E-state index < -0.39 is 0 Å². The fraction of sp³-hybridized carbons (Fsp3) is 0.360. The number of aromatic nitrogens is 1. The van der Waals surface area contributed by atoms with Gasteiger partial charge in [0.05, 0.1) is 11.1 Å². The third-order valence-electron chi connectivity index (χ3n) is 6.57. The van der Waals surface area contributed by atoms with E-state index in [2.05, 4.69) is 45.5 Å². The minimum absolute atomic E-state index is 0.0852.